The van der Waals surface area contributed by atoms with Crippen molar-refractivity contribution in [2.75, 3.05) is 20.6 Å². The van der Waals surface area contributed by atoms with Gasteiger partial charge < -0.3 is 10.2 Å². The van der Waals surface area contributed by atoms with E-state index in [1.54, 1.807) is 14.1 Å². The molecule has 3 nitrogen and oxygen atoms in total. The zero-order valence-electron chi connectivity index (χ0n) is 7.21. The van der Waals surface area contributed by atoms with E-state index in [0.717, 1.165) is 0 Å². The number of carbonyl (C=O) groups excluding carboxylic acids is 1. The van der Waals surface area contributed by atoms with E-state index >= 15 is 0 Å². The molecule has 1 amide bonds. The molecule has 0 unspecified atom stereocenters. The second kappa shape index (κ2) is 4.62. The highest BCUT2D eigenvalue weighted by Gasteiger charge is 2.29. The zero-order chi connectivity index (χ0) is 8.43. The molecular formula is C7H14ClFN2O. The number of nitrogens with one attached hydrogen (secondary N) is 1. The average Bonchev–Trinajstić information content (AvgIpc) is 2.34. The van der Waals surface area contributed by atoms with Crippen molar-refractivity contribution in [1.29, 1.82) is 0 Å². The lowest BCUT2D eigenvalue weighted by Crippen LogP contribution is -2.39. The number of rotatable bonds is 1. The molecule has 1 heterocycles. The van der Waals surface area contributed by atoms with Crippen molar-refractivity contribution in [2.24, 2.45) is 0 Å². The van der Waals surface area contributed by atoms with Crippen molar-refractivity contribution in [1.82, 2.24) is 10.2 Å². The number of hydrogen-bond donors (Lipinski definition) is 1. The number of hydrogen-bond acceptors (Lipinski definition) is 2. The molecule has 1 N–H and O–H groups in total. The van der Waals surface area contributed by atoms with E-state index in [0.29, 0.717) is 13.0 Å². The maximum absolute atomic E-state index is 12.6. The predicted molar refractivity (Wildman–Crippen MR) is 47.2 cm³/mol. The Morgan fingerprint density at radius 1 is 1.58 bits per heavy atom. The van der Waals surface area contributed by atoms with E-state index in [1.807, 2.05) is 0 Å². The summed E-state index contributed by atoms with van der Waals surface area (Å²) in [5.41, 5.74) is 0. The Balaban J connectivity index is 0.00000121. The van der Waals surface area contributed by atoms with Crippen LogP contribution < -0.4 is 5.32 Å². The molecule has 0 aliphatic carbocycles. The third-order valence-electron chi connectivity index (χ3n) is 1.82. The van der Waals surface area contributed by atoms with E-state index in [-0.39, 0.29) is 24.4 Å². The topological polar surface area (TPSA) is 32.3 Å². The summed E-state index contributed by atoms with van der Waals surface area (Å²) in [5.74, 6) is -0.0369. The Morgan fingerprint density at radius 3 is 2.50 bits per heavy atom. The van der Waals surface area contributed by atoms with Crippen LogP contribution in [0, 0.1) is 0 Å². The number of alkyl halides is 1. The van der Waals surface area contributed by atoms with E-state index in [2.05, 4.69) is 5.32 Å². The number of amides is 1. The lowest BCUT2D eigenvalue weighted by molar-refractivity contribution is -0.130. The first-order chi connectivity index (χ1) is 5.11. The first kappa shape index (κ1) is 11.6. The Labute approximate surface area is 77.7 Å². The summed E-state index contributed by atoms with van der Waals surface area (Å²) < 4.78 is 12.6. The van der Waals surface area contributed by atoms with Crippen LogP contribution in [0.5, 0.6) is 0 Å². The monoisotopic (exact) mass is 196 g/mol. The van der Waals surface area contributed by atoms with Crippen LogP contribution in [0.4, 0.5) is 4.39 Å². The highest BCUT2D eigenvalue weighted by molar-refractivity contribution is 5.85. The van der Waals surface area contributed by atoms with E-state index in [9.17, 15) is 9.18 Å². The van der Waals surface area contributed by atoms with Gasteiger partial charge in [-0.05, 0) is 0 Å². The van der Waals surface area contributed by atoms with Crippen molar-refractivity contribution in [3.8, 4) is 0 Å². The number of halogens is 2. The molecule has 1 aliphatic heterocycles. The Morgan fingerprint density at radius 2 is 2.17 bits per heavy atom. The molecule has 0 bridgehead atoms. The van der Waals surface area contributed by atoms with Gasteiger partial charge in [-0.1, -0.05) is 0 Å². The summed E-state index contributed by atoms with van der Waals surface area (Å²) >= 11 is 0. The molecule has 72 valence electrons. The van der Waals surface area contributed by atoms with E-state index in [1.165, 1.54) is 4.90 Å². The molecule has 0 aromatic carbocycles. The largest absolute Gasteiger partial charge is 0.347 e. The van der Waals surface area contributed by atoms with Gasteiger partial charge in [0.25, 0.3) is 0 Å². The molecule has 12 heavy (non-hydrogen) atoms. The summed E-state index contributed by atoms with van der Waals surface area (Å²) in [5, 5.41) is 2.82. The van der Waals surface area contributed by atoms with Crippen LogP contribution in [0.2, 0.25) is 0 Å². The van der Waals surface area contributed by atoms with Crippen LogP contribution in [0.15, 0.2) is 0 Å². The van der Waals surface area contributed by atoms with Gasteiger partial charge in [0.05, 0.1) is 6.04 Å². The van der Waals surface area contributed by atoms with Gasteiger partial charge in [-0.2, -0.15) is 0 Å². The fourth-order valence-corrected chi connectivity index (χ4v) is 1.19. The normalized spacial score (nSPS) is 27.9. The molecular weight excluding hydrogens is 183 g/mol. The lowest BCUT2D eigenvalue weighted by atomic mass is 10.2. The van der Waals surface area contributed by atoms with Gasteiger partial charge in [-0.25, -0.2) is 4.39 Å². The maximum atomic E-state index is 12.6. The van der Waals surface area contributed by atoms with Crippen LogP contribution >= 0.6 is 12.4 Å². The lowest BCUT2D eigenvalue weighted by Gasteiger charge is -2.15. The Hall–Kier alpha value is -0.350. The van der Waals surface area contributed by atoms with Gasteiger partial charge in [-0.3, -0.25) is 4.79 Å². The molecule has 0 saturated carbocycles. The van der Waals surface area contributed by atoms with Crippen LogP contribution in [-0.2, 0) is 4.79 Å². The minimum atomic E-state index is -0.858. The van der Waals surface area contributed by atoms with Crippen LogP contribution in [0.25, 0.3) is 0 Å². The first-order valence-corrected chi connectivity index (χ1v) is 3.70. The van der Waals surface area contributed by atoms with Crippen molar-refractivity contribution < 1.29 is 9.18 Å². The summed E-state index contributed by atoms with van der Waals surface area (Å²) in [6, 6.07) is -0.306. The molecule has 1 fully saturated rings. The van der Waals surface area contributed by atoms with Gasteiger partial charge in [0.1, 0.15) is 6.17 Å². The minimum absolute atomic E-state index is 0. The standard InChI is InChI=1S/C7H13FN2O.ClH/c1-10(2)7(11)6-3-5(8)4-9-6;/h5-6,9H,3-4H2,1-2H3;1H/t5-,6+;/m1./s1. The average molecular weight is 197 g/mol. The quantitative estimate of drug-likeness (QED) is 0.650. The van der Waals surface area contributed by atoms with Gasteiger partial charge in [0.2, 0.25) is 5.91 Å². The van der Waals surface area contributed by atoms with Gasteiger partial charge >= 0.3 is 0 Å². The highest BCUT2D eigenvalue weighted by atomic mass is 35.5. The van der Waals surface area contributed by atoms with Gasteiger partial charge in [0.15, 0.2) is 0 Å². The van der Waals surface area contributed by atoms with Crippen molar-refractivity contribution in [3.63, 3.8) is 0 Å². The third kappa shape index (κ3) is 2.60. The van der Waals surface area contributed by atoms with Crippen molar-refractivity contribution in [3.05, 3.63) is 0 Å². The van der Waals surface area contributed by atoms with E-state index < -0.39 is 6.17 Å². The maximum Gasteiger partial charge on any atom is 0.239 e. The minimum Gasteiger partial charge on any atom is -0.347 e. The molecule has 5 heteroatoms. The van der Waals surface area contributed by atoms with Crippen LogP contribution in [0.1, 0.15) is 6.42 Å². The Kier molecular flexibility index (Phi) is 4.49. The third-order valence-corrected chi connectivity index (χ3v) is 1.82. The molecule has 0 spiro atoms. The highest BCUT2D eigenvalue weighted by Crippen LogP contribution is 2.10. The zero-order valence-corrected chi connectivity index (χ0v) is 8.03. The summed E-state index contributed by atoms with van der Waals surface area (Å²) in [6.07, 6.45) is -0.541. The fourth-order valence-electron chi connectivity index (χ4n) is 1.19. The van der Waals surface area contributed by atoms with E-state index in [4.69, 9.17) is 0 Å². The molecule has 1 saturated heterocycles. The molecule has 0 aromatic heterocycles. The molecule has 1 aliphatic rings. The van der Waals surface area contributed by atoms with Crippen molar-refractivity contribution >= 4 is 18.3 Å². The number of nitrogens with zero attached hydrogens (tertiary/aromatic N) is 1. The summed E-state index contributed by atoms with van der Waals surface area (Å²) in [7, 11) is 3.35. The predicted octanol–water partition coefficient (Wildman–Crippen LogP) is 0.196. The SMILES string of the molecule is CN(C)C(=O)[C@@H]1C[C@@H](F)CN1.Cl. The molecule has 0 aromatic rings. The Bertz CT molecular complexity index is 165. The molecule has 2 atom stereocenters. The summed E-state index contributed by atoms with van der Waals surface area (Å²) in [4.78, 5) is 12.7. The van der Waals surface area contributed by atoms with Gasteiger partial charge in [0, 0.05) is 27.1 Å². The molecule has 0 radical (unpaired) electrons. The second-order valence-corrected chi connectivity index (χ2v) is 3.03. The van der Waals surface area contributed by atoms with Crippen LogP contribution in [-0.4, -0.2) is 43.7 Å². The number of carbonyl (C=O) groups is 1. The smallest absolute Gasteiger partial charge is 0.239 e. The van der Waals surface area contributed by atoms with Crippen LogP contribution in [0.3, 0.4) is 0 Å². The van der Waals surface area contributed by atoms with Gasteiger partial charge in [-0.15, -0.1) is 12.4 Å². The summed E-state index contributed by atoms with van der Waals surface area (Å²) in [6.45, 7) is 0.310. The molecule has 1 rings (SSSR count). The second-order valence-electron chi connectivity index (χ2n) is 3.03. The first-order valence-electron chi connectivity index (χ1n) is 3.70. The number of likely N-dealkylation sites (N-methyl/N-ethyl adjacent to an activating group) is 1. The fraction of sp³-hybridized carbons (Fsp3) is 0.857. The van der Waals surface area contributed by atoms with Crippen molar-refractivity contribution in [2.45, 2.75) is 18.6 Å².